The molecule has 1 amide bonds. The number of fused-ring (bicyclic) bond motifs is 2. The van der Waals surface area contributed by atoms with Crippen molar-refractivity contribution in [1.29, 1.82) is 0 Å². The summed E-state index contributed by atoms with van der Waals surface area (Å²) in [5.41, 5.74) is 6.39. The molecule has 10 heteroatoms. The van der Waals surface area contributed by atoms with E-state index >= 15 is 0 Å². The van der Waals surface area contributed by atoms with Gasteiger partial charge in [0.1, 0.15) is 11.5 Å². The van der Waals surface area contributed by atoms with Crippen molar-refractivity contribution in [2.24, 2.45) is 4.99 Å². The first-order valence-corrected chi connectivity index (χ1v) is 11.8. The number of carbonyl (C=O) groups is 1. The summed E-state index contributed by atoms with van der Waals surface area (Å²) in [6.45, 7) is 1.81. The summed E-state index contributed by atoms with van der Waals surface area (Å²) in [6.07, 6.45) is 9.73. The molecule has 1 aromatic carbocycles. The molecular weight excluding hydrogens is 471 g/mol. The number of benzene rings is 1. The van der Waals surface area contributed by atoms with Gasteiger partial charge in [0.25, 0.3) is 0 Å². The summed E-state index contributed by atoms with van der Waals surface area (Å²) in [5.74, 6) is 0.180. The van der Waals surface area contributed by atoms with E-state index in [-0.39, 0.29) is 11.7 Å². The van der Waals surface area contributed by atoms with Gasteiger partial charge in [-0.1, -0.05) is 25.1 Å². The first kappa shape index (κ1) is 22.5. The number of aliphatic imine (C=N–C) groups is 1. The van der Waals surface area contributed by atoms with Crippen LogP contribution in [0.2, 0.25) is 0 Å². The van der Waals surface area contributed by atoms with Crippen molar-refractivity contribution in [2.75, 3.05) is 0 Å². The second kappa shape index (κ2) is 9.23. The van der Waals surface area contributed by atoms with Crippen LogP contribution >= 0.6 is 0 Å². The maximum atomic E-state index is 13.9. The molecule has 0 saturated carbocycles. The summed E-state index contributed by atoms with van der Waals surface area (Å²) in [4.78, 5) is 33.0. The van der Waals surface area contributed by atoms with Crippen LogP contribution in [0.4, 0.5) is 4.39 Å². The fourth-order valence-electron chi connectivity index (χ4n) is 4.24. The van der Waals surface area contributed by atoms with Gasteiger partial charge in [0.15, 0.2) is 17.1 Å². The minimum Gasteiger partial charge on any atom is -0.335 e. The molecule has 0 saturated heterocycles. The summed E-state index contributed by atoms with van der Waals surface area (Å²) < 4.78 is 13.9. The van der Waals surface area contributed by atoms with Crippen LogP contribution in [0.15, 0.2) is 71.8 Å². The van der Waals surface area contributed by atoms with Crippen LogP contribution in [0.5, 0.6) is 0 Å². The average Bonchev–Trinajstić information content (AvgIpc) is 3.46. The number of hydrogen-bond acceptors (Lipinski definition) is 6. The van der Waals surface area contributed by atoms with Crippen LogP contribution in [-0.4, -0.2) is 42.3 Å². The maximum Gasteiger partial charge on any atom is 0.223 e. The highest BCUT2D eigenvalue weighted by Crippen LogP contribution is 2.31. The molecule has 1 aliphatic rings. The minimum absolute atomic E-state index is 0.0506. The Balaban J connectivity index is 1.37. The number of hydrogen-bond donors (Lipinski definition) is 3. The predicted octanol–water partition coefficient (Wildman–Crippen LogP) is 4.93. The summed E-state index contributed by atoms with van der Waals surface area (Å²) in [6, 6.07) is 10.2. The Hall–Kier alpha value is -4.99. The van der Waals surface area contributed by atoms with Crippen LogP contribution < -0.4 is 5.32 Å². The van der Waals surface area contributed by atoms with Crippen molar-refractivity contribution in [3.8, 4) is 22.6 Å². The van der Waals surface area contributed by atoms with Gasteiger partial charge in [0.05, 0.1) is 10.9 Å². The lowest BCUT2D eigenvalue weighted by atomic mass is 10.1. The zero-order valence-electron chi connectivity index (χ0n) is 19.8. The van der Waals surface area contributed by atoms with Gasteiger partial charge in [-0.15, -0.1) is 0 Å². The second-order valence-corrected chi connectivity index (χ2v) is 8.54. The van der Waals surface area contributed by atoms with Crippen LogP contribution in [-0.2, 0) is 4.79 Å². The van der Waals surface area contributed by atoms with E-state index < -0.39 is 0 Å². The third-order valence-electron chi connectivity index (χ3n) is 6.11. The van der Waals surface area contributed by atoms with E-state index in [2.05, 4.69) is 40.4 Å². The Bertz CT molecular complexity index is 1760. The second-order valence-electron chi connectivity index (χ2n) is 8.54. The lowest BCUT2D eigenvalue weighted by Crippen LogP contribution is -2.20. The van der Waals surface area contributed by atoms with Gasteiger partial charge in [-0.3, -0.25) is 14.9 Å². The van der Waals surface area contributed by atoms with Crippen LogP contribution in [0.1, 0.15) is 25.3 Å². The molecule has 5 aromatic rings. The summed E-state index contributed by atoms with van der Waals surface area (Å²) in [5, 5.41) is 11.0. The van der Waals surface area contributed by atoms with E-state index in [4.69, 9.17) is 0 Å². The molecule has 0 fully saturated rings. The fourth-order valence-corrected chi connectivity index (χ4v) is 4.24. The van der Waals surface area contributed by atoms with Gasteiger partial charge in [-0.05, 0) is 35.4 Å². The number of carbonyl (C=O) groups excluding carboxylic acids is 1. The van der Waals surface area contributed by atoms with E-state index in [0.717, 1.165) is 33.3 Å². The van der Waals surface area contributed by atoms with E-state index in [1.165, 1.54) is 12.1 Å². The molecule has 4 aromatic heterocycles. The average molecular weight is 493 g/mol. The van der Waals surface area contributed by atoms with Gasteiger partial charge in [-0.2, -0.15) is 5.10 Å². The van der Waals surface area contributed by atoms with Gasteiger partial charge >= 0.3 is 0 Å². The lowest BCUT2D eigenvalue weighted by Gasteiger charge is -2.05. The molecule has 37 heavy (non-hydrogen) atoms. The van der Waals surface area contributed by atoms with Crippen molar-refractivity contribution >= 4 is 39.9 Å². The number of imidazole rings is 1. The number of nitrogens with zero attached hydrogens (tertiary/aromatic N) is 5. The lowest BCUT2D eigenvalue weighted by molar-refractivity contribution is -0.120. The monoisotopic (exact) mass is 492 g/mol. The molecule has 5 heterocycles. The van der Waals surface area contributed by atoms with E-state index in [1.54, 1.807) is 37.8 Å². The van der Waals surface area contributed by atoms with E-state index in [0.29, 0.717) is 41.2 Å². The van der Waals surface area contributed by atoms with Gasteiger partial charge in [-0.25, -0.2) is 19.3 Å². The Kier molecular flexibility index (Phi) is 5.61. The molecular formula is C27H21FN8O. The van der Waals surface area contributed by atoms with Crippen molar-refractivity contribution in [1.82, 2.24) is 35.5 Å². The van der Waals surface area contributed by atoms with Gasteiger partial charge < -0.3 is 10.3 Å². The van der Waals surface area contributed by atoms with Crippen LogP contribution in [0.3, 0.4) is 0 Å². The third kappa shape index (κ3) is 4.29. The normalized spacial score (nSPS) is 13.5. The van der Waals surface area contributed by atoms with E-state index in [1.807, 2.05) is 24.3 Å². The topological polar surface area (TPSA) is 125 Å². The Morgan fingerprint density at radius 3 is 2.92 bits per heavy atom. The molecule has 0 aliphatic carbocycles. The van der Waals surface area contributed by atoms with Gasteiger partial charge in [0.2, 0.25) is 5.91 Å². The molecule has 9 nitrogen and oxygen atoms in total. The smallest absolute Gasteiger partial charge is 0.223 e. The molecule has 6 rings (SSSR count). The highest BCUT2D eigenvalue weighted by atomic mass is 19.1. The summed E-state index contributed by atoms with van der Waals surface area (Å²) >= 11 is 0. The zero-order valence-corrected chi connectivity index (χ0v) is 19.8. The number of halogens is 1. The van der Waals surface area contributed by atoms with Gasteiger partial charge in [0, 0.05) is 54.5 Å². The number of allylic oxidation sites excluding steroid dienone is 2. The number of H-pyrrole nitrogens is 2. The SMILES string of the molecule is CCC(=O)NC1=CN=CC(c2cnc3n[nH]c(-c4nc5nccc(-c6cccc(F)c6)c5[nH]4)c3c2)=CC1. The zero-order chi connectivity index (χ0) is 25.4. The number of nitrogens with one attached hydrogen (secondary N) is 3. The van der Waals surface area contributed by atoms with Crippen LogP contribution in [0, 0.1) is 5.82 Å². The fraction of sp³-hybridized carbons (Fsp3) is 0.111. The molecule has 182 valence electrons. The van der Waals surface area contributed by atoms with E-state index in [9.17, 15) is 9.18 Å². The standard InChI is InChI=1S/C27H21FN8O/c1-2-22(37)32-19-7-6-16(12-29-14-19)17-11-21-24(35-36-25(21)31-13-17)27-33-23-20(8-9-30-26(23)34-27)15-4-3-5-18(28)10-15/h3-6,8-14H,2,7H2,1H3,(H,32,37)(H,30,33,34)(H,31,35,36). The van der Waals surface area contributed by atoms with Crippen molar-refractivity contribution in [3.05, 3.63) is 78.1 Å². The first-order chi connectivity index (χ1) is 18.1. The van der Waals surface area contributed by atoms with Crippen LogP contribution in [0.25, 0.3) is 50.4 Å². The van der Waals surface area contributed by atoms with Crippen molar-refractivity contribution in [2.45, 2.75) is 19.8 Å². The number of pyridine rings is 2. The number of amides is 1. The van der Waals surface area contributed by atoms with Crippen molar-refractivity contribution < 1.29 is 9.18 Å². The maximum absolute atomic E-state index is 13.9. The largest absolute Gasteiger partial charge is 0.335 e. The molecule has 0 bridgehead atoms. The quantitative estimate of drug-likeness (QED) is 0.321. The number of rotatable bonds is 5. The number of aromatic nitrogens is 6. The molecule has 0 atom stereocenters. The number of aromatic amines is 2. The highest BCUT2D eigenvalue weighted by Gasteiger charge is 2.17. The predicted molar refractivity (Wildman–Crippen MR) is 140 cm³/mol. The molecule has 0 spiro atoms. The van der Waals surface area contributed by atoms with Crippen molar-refractivity contribution in [3.63, 3.8) is 0 Å². The Labute approximate surface area is 210 Å². The Morgan fingerprint density at radius 2 is 2.05 bits per heavy atom. The molecule has 0 radical (unpaired) electrons. The highest BCUT2D eigenvalue weighted by molar-refractivity contribution is 6.11. The third-order valence-corrected chi connectivity index (χ3v) is 6.11. The Morgan fingerprint density at radius 1 is 1.14 bits per heavy atom. The molecule has 0 unspecified atom stereocenters. The first-order valence-electron chi connectivity index (χ1n) is 11.8. The molecule has 3 N–H and O–H groups in total. The molecule has 1 aliphatic heterocycles. The summed E-state index contributed by atoms with van der Waals surface area (Å²) in [7, 11) is 0. The minimum atomic E-state index is -0.313.